The first-order chi connectivity index (χ1) is 9.11. The van der Waals surface area contributed by atoms with Crippen molar-refractivity contribution < 1.29 is 5.11 Å². The van der Waals surface area contributed by atoms with E-state index < -0.39 is 0 Å². The van der Waals surface area contributed by atoms with Crippen molar-refractivity contribution in [3.05, 3.63) is 63.6 Å². The standard InChI is InChI=1S/C16H18BrNO/c1-12-5-3-4-6-14(12)10-18(2)16-8-7-13(11-19)9-15(16)17/h3-9,19H,10-11H2,1-2H3. The van der Waals surface area contributed by atoms with Crippen LogP contribution in [0.25, 0.3) is 0 Å². The molecule has 0 radical (unpaired) electrons. The first-order valence-corrected chi connectivity index (χ1v) is 7.06. The maximum absolute atomic E-state index is 9.13. The number of rotatable bonds is 4. The third kappa shape index (κ3) is 3.37. The summed E-state index contributed by atoms with van der Waals surface area (Å²) in [5.41, 5.74) is 4.67. The maximum Gasteiger partial charge on any atom is 0.0682 e. The van der Waals surface area contributed by atoms with E-state index in [2.05, 4.69) is 59.1 Å². The number of aliphatic hydroxyl groups is 1. The van der Waals surface area contributed by atoms with Gasteiger partial charge in [0.1, 0.15) is 0 Å². The van der Waals surface area contributed by atoms with E-state index in [9.17, 15) is 0 Å². The van der Waals surface area contributed by atoms with E-state index in [1.54, 1.807) is 0 Å². The molecule has 0 spiro atoms. The first kappa shape index (κ1) is 14.1. The van der Waals surface area contributed by atoms with Gasteiger partial charge in [0, 0.05) is 18.1 Å². The van der Waals surface area contributed by atoms with Crippen molar-refractivity contribution in [2.24, 2.45) is 0 Å². The summed E-state index contributed by atoms with van der Waals surface area (Å²) >= 11 is 3.57. The van der Waals surface area contributed by atoms with Gasteiger partial charge in [-0.3, -0.25) is 0 Å². The molecule has 0 aromatic heterocycles. The van der Waals surface area contributed by atoms with Crippen molar-refractivity contribution in [2.75, 3.05) is 11.9 Å². The van der Waals surface area contributed by atoms with E-state index in [-0.39, 0.29) is 6.61 Å². The largest absolute Gasteiger partial charge is 0.392 e. The van der Waals surface area contributed by atoms with Crippen LogP contribution in [0.2, 0.25) is 0 Å². The molecule has 0 aliphatic rings. The molecule has 2 aromatic rings. The topological polar surface area (TPSA) is 23.5 Å². The number of aryl methyl sites for hydroxylation is 1. The normalized spacial score (nSPS) is 10.5. The Balaban J connectivity index is 2.21. The Kier molecular flexibility index (Phi) is 4.61. The molecule has 0 fully saturated rings. The van der Waals surface area contributed by atoms with Crippen LogP contribution in [-0.2, 0) is 13.2 Å². The van der Waals surface area contributed by atoms with Crippen LogP contribution in [0, 0.1) is 6.92 Å². The van der Waals surface area contributed by atoms with E-state index in [0.29, 0.717) is 0 Å². The summed E-state index contributed by atoms with van der Waals surface area (Å²) < 4.78 is 1.01. The fourth-order valence-electron chi connectivity index (χ4n) is 2.09. The lowest BCUT2D eigenvalue weighted by Crippen LogP contribution is -2.17. The zero-order valence-corrected chi connectivity index (χ0v) is 12.8. The Morgan fingerprint density at radius 2 is 1.89 bits per heavy atom. The number of benzene rings is 2. The van der Waals surface area contributed by atoms with Crippen molar-refractivity contribution >= 4 is 21.6 Å². The molecule has 0 aliphatic carbocycles. The smallest absolute Gasteiger partial charge is 0.0682 e. The monoisotopic (exact) mass is 319 g/mol. The molecular weight excluding hydrogens is 302 g/mol. The van der Waals surface area contributed by atoms with Gasteiger partial charge in [0.15, 0.2) is 0 Å². The van der Waals surface area contributed by atoms with Gasteiger partial charge in [-0.1, -0.05) is 30.3 Å². The molecule has 0 amide bonds. The van der Waals surface area contributed by atoms with Crippen molar-refractivity contribution in [1.29, 1.82) is 0 Å². The SMILES string of the molecule is Cc1ccccc1CN(C)c1ccc(CO)cc1Br. The fourth-order valence-corrected chi connectivity index (χ4v) is 2.82. The minimum atomic E-state index is 0.0698. The van der Waals surface area contributed by atoms with Crippen LogP contribution in [0.4, 0.5) is 5.69 Å². The van der Waals surface area contributed by atoms with Gasteiger partial charge in [0.2, 0.25) is 0 Å². The van der Waals surface area contributed by atoms with Crippen molar-refractivity contribution in [2.45, 2.75) is 20.1 Å². The van der Waals surface area contributed by atoms with Crippen LogP contribution in [0.3, 0.4) is 0 Å². The van der Waals surface area contributed by atoms with Gasteiger partial charge in [-0.2, -0.15) is 0 Å². The van der Waals surface area contributed by atoms with Crippen LogP contribution in [0.15, 0.2) is 46.9 Å². The number of hydrogen-bond donors (Lipinski definition) is 1. The molecule has 3 heteroatoms. The second kappa shape index (κ2) is 6.22. The third-order valence-electron chi connectivity index (χ3n) is 3.27. The van der Waals surface area contributed by atoms with Gasteiger partial charge in [0.05, 0.1) is 12.3 Å². The molecule has 1 N–H and O–H groups in total. The Morgan fingerprint density at radius 3 is 2.53 bits per heavy atom. The molecule has 0 saturated heterocycles. The lowest BCUT2D eigenvalue weighted by Gasteiger charge is -2.22. The summed E-state index contributed by atoms with van der Waals surface area (Å²) in [6.45, 7) is 3.07. The van der Waals surface area contributed by atoms with Gasteiger partial charge in [-0.15, -0.1) is 0 Å². The van der Waals surface area contributed by atoms with Gasteiger partial charge in [0.25, 0.3) is 0 Å². The van der Waals surface area contributed by atoms with E-state index in [1.807, 2.05) is 18.2 Å². The van der Waals surface area contributed by atoms with Gasteiger partial charge < -0.3 is 10.0 Å². The second-order valence-electron chi connectivity index (χ2n) is 4.73. The zero-order chi connectivity index (χ0) is 13.8. The maximum atomic E-state index is 9.13. The summed E-state index contributed by atoms with van der Waals surface area (Å²) in [5, 5.41) is 9.13. The lowest BCUT2D eigenvalue weighted by molar-refractivity contribution is 0.282. The summed E-state index contributed by atoms with van der Waals surface area (Å²) in [6, 6.07) is 14.4. The molecule has 100 valence electrons. The highest BCUT2D eigenvalue weighted by Gasteiger charge is 2.08. The van der Waals surface area contributed by atoms with E-state index in [4.69, 9.17) is 5.11 Å². The van der Waals surface area contributed by atoms with Crippen LogP contribution < -0.4 is 4.90 Å². The average molecular weight is 320 g/mol. The molecule has 2 rings (SSSR count). The van der Waals surface area contributed by atoms with Crippen molar-refractivity contribution in [3.8, 4) is 0 Å². The molecule has 2 nitrogen and oxygen atoms in total. The number of anilines is 1. The summed E-state index contributed by atoms with van der Waals surface area (Å²) in [5.74, 6) is 0. The second-order valence-corrected chi connectivity index (χ2v) is 5.58. The highest BCUT2D eigenvalue weighted by Crippen LogP contribution is 2.28. The van der Waals surface area contributed by atoms with Crippen molar-refractivity contribution in [1.82, 2.24) is 0 Å². The van der Waals surface area contributed by atoms with Gasteiger partial charge >= 0.3 is 0 Å². The number of hydrogen-bond acceptors (Lipinski definition) is 2. The summed E-state index contributed by atoms with van der Waals surface area (Å²) in [6.07, 6.45) is 0. The van der Waals surface area contributed by atoms with E-state index >= 15 is 0 Å². The highest BCUT2D eigenvalue weighted by molar-refractivity contribution is 9.10. The molecule has 0 atom stereocenters. The Morgan fingerprint density at radius 1 is 1.16 bits per heavy atom. The Hall–Kier alpha value is -1.32. The van der Waals surface area contributed by atoms with Crippen molar-refractivity contribution in [3.63, 3.8) is 0 Å². The van der Waals surface area contributed by atoms with Crippen LogP contribution >= 0.6 is 15.9 Å². The van der Waals surface area contributed by atoms with Crippen LogP contribution in [0.1, 0.15) is 16.7 Å². The molecule has 0 heterocycles. The average Bonchev–Trinajstić information content (AvgIpc) is 2.41. The zero-order valence-electron chi connectivity index (χ0n) is 11.2. The fraction of sp³-hybridized carbons (Fsp3) is 0.250. The molecule has 0 aliphatic heterocycles. The molecule has 0 bridgehead atoms. The third-order valence-corrected chi connectivity index (χ3v) is 3.91. The van der Waals surface area contributed by atoms with Crippen LogP contribution in [-0.4, -0.2) is 12.2 Å². The Bertz CT molecular complexity index is 568. The predicted octanol–water partition coefficient (Wildman–Crippen LogP) is 3.89. The molecular formula is C16H18BrNO. The highest BCUT2D eigenvalue weighted by atomic mass is 79.9. The molecule has 0 unspecified atom stereocenters. The molecule has 0 saturated carbocycles. The van der Waals surface area contributed by atoms with E-state index in [0.717, 1.165) is 22.3 Å². The first-order valence-electron chi connectivity index (χ1n) is 6.26. The number of nitrogens with zero attached hydrogens (tertiary/aromatic N) is 1. The quantitative estimate of drug-likeness (QED) is 0.924. The molecule has 2 aromatic carbocycles. The van der Waals surface area contributed by atoms with Gasteiger partial charge in [-0.25, -0.2) is 0 Å². The van der Waals surface area contributed by atoms with Gasteiger partial charge in [-0.05, 0) is 51.7 Å². The number of aliphatic hydroxyl groups excluding tert-OH is 1. The number of halogens is 1. The minimum Gasteiger partial charge on any atom is -0.392 e. The van der Waals surface area contributed by atoms with E-state index in [1.165, 1.54) is 11.1 Å². The summed E-state index contributed by atoms with van der Waals surface area (Å²) in [7, 11) is 2.07. The minimum absolute atomic E-state index is 0.0698. The Labute approximate surface area is 122 Å². The van der Waals surface area contributed by atoms with Crippen LogP contribution in [0.5, 0.6) is 0 Å². The predicted molar refractivity (Wildman–Crippen MR) is 83.4 cm³/mol. The molecule has 19 heavy (non-hydrogen) atoms. The lowest BCUT2D eigenvalue weighted by atomic mass is 10.1. The summed E-state index contributed by atoms with van der Waals surface area (Å²) in [4.78, 5) is 2.20.